The largest absolute Gasteiger partial charge is 0.466 e. The SMILES string of the molecule is CCOC(=O)C1CCc2sc3ccc(F)cc3c2C1. The smallest absolute Gasteiger partial charge is 0.309 e. The molecule has 1 heterocycles. The van der Waals surface area contributed by atoms with Gasteiger partial charge >= 0.3 is 5.97 Å². The Morgan fingerprint density at radius 2 is 2.37 bits per heavy atom. The summed E-state index contributed by atoms with van der Waals surface area (Å²) in [5, 5.41) is 0.967. The third-order valence-corrected chi connectivity index (χ3v) is 4.90. The zero-order chi connectivity index (χ0) is 13.4. The van der Waals surface area contributed by atoms with Gasteiger partial charge in [-0.25, -0.2) is 4.39 Å². The number of fused-ring (bicyclic) bond motifs is 3. The second-order valence-electron chi connectivity index (χ2n) is 4.84. The highest BCUT2D eigenvalue weighted by Crippen LogP contribution is 2.38. The molecule has 1 aliphatic rings. The van der Waals surface area contributed by atoms with Gasteiger partial charge in [-0.1, -0.05) is 0 Å². The van der Waals surface area contributed by atoms with E-state index in [1.807, 2.05) is 13.0 Å². The van der Waals surface area contributed by atoms with Crippen LogP contribution in [0.25, 0.3) is 10.1 Å². The minimum Gasteiger partial charge on any atom is -0.466 e. The van der Waals surface area contributed by atoms with Crippen molar-refractivity contribution < 1.29 is 13.9 Å². The number of hydrogen-bond donors (Lipinski definition) is 0. The normalized spacial score (nSPS) is 18.3. The van der Waals surface area contributed by atoms with Crippen LogP contribution in [0.2, 0.25) is 0 Å². The van der Waals surface area contributed by atoms with Crippen molar-refractivity contribution in [3.63, 3.8) is 0 Å². The Kier molecular flexibility index (Phi) is 3.27. The fraction of sp³-hybridized carbons (Fsp3) is 0.400. The summed E-state index contributed by atoms with van der Waals surface area (Å²) >= 11 is 1.72. The molecule has 1 aliphatic carbocycles. The van der Waals surface area contributed by atoms with Gasteiger partial charge < -0.3 is 4.74 Å². The quantitative estimate of drug-likeness (QED) is 0.783. The average molecular weight is 278 g/mol. The molecular formula is C15H15FO2S. The van der Waals surface area contributed by atoms with Crippen molar-refractivity contribution in [1.82, 2.24) is 0 Å². The third-order valence-electron chi connectivity index (χ3n) is 3.63. The standard InChI is InChI=1S/C15H15FO2S/c1-2-18-15(17)9-3-5-13-11(7-9)12-8-10(16)4-6-14(12)19-13/h4,6,8-9H,2-3,5,7H2,1H3. The lowest BCUT2D eigenvalue weighted by Gasteiger charge is -2.20. The van der Waals surface area contributed by atoms with Gasteiger partial charge in [-0.2, -0.15) is 0 Å². The minimum absolute atomic E-state index is 0.0754. The molecule has 1 aromatic heterocycles. The number of thiophene rings is 1. The number of aryl methyl sites for hydroxylation is 1. The molecular weight excluding hydrogens is 263 g/mol. The van der Waals surface area contributed by atoms with Crippen LogP contribution in [0.4, 0.5) is 4.39 Å². The second kappa shape index (κ2) is 4.93. The van der Waals surface area contributed by atoms with E-state index in [1.165, 1.54) is 10.9 Å². The molecule has 0 N–H and O–H groups in total. The number of benzene rings is 1. The van der Waals surface area contributed by atoms with E-state index in [0.29, 0.717) is 13.0 Å². The molecule has 0 aliphatic heterocycles. The van der Waals surface area contributed by atoms with E-state index >= 15 is 0 Å². The summed E-state index contributed by atoms with van der Waals surface area (Å²) in [6.45, 7) is 2.24. The van der Waals surface area contributed by atoms with Gasteiger partial charge in [0.15, 0.2) is 0 Å². The molecule has 1 aromatic carbocycles. The summed E-state index contributed by atoms with van der Waals surface area (Å²) in [6, 6.07) is 4.90. The molecule has 0 saturated carbocycles. The number of carbonyl (C=O) groups is 1. The fourth-order valence-corrected chi connectivity index (χ4v) is 3.94. The predicted octanol–water partition coefficient (Wildman–Crippen LogP) is 3.71. The van der Waals surface area contributed by atoms with E-state index in [0.717, 1.165) is 28.5 Å². The van der Waals surface area contributed by atoms with Crippen LogP contribution in [-0.4, -0.2) is 12.6 Å². The van der Waals surface area contributed by atoms with Crippen LogP contribution in [0.1, 0.15) is 23.8 Å². The molecule has 4 heteroatoms. The summed E-state index contributed by atoms with van der Waals surface area (Å²) in [4.78, 5) is 13.1. The van der Waals surface area contributed by atoms with E-state index in [4.69, 9.17) is 4.74 Å². The van der Waals surface area contributed by atoms with Gasteiger partial charge in [0.1, 0.15) is 5.82 Å². The maximum Gasteiger partial charge on any atom is 0.309 e. The third kappa shape index (κ3) is 2.25. The van der Waals surface area contributed by atoms with E-state index in [1.54, 1.807) is 17.4 Å². The Hall–Kier alpha value is -1.42. The monoisotopic (exact) mass is 278 g/mol. The van der Waals surface area contributed by atoms with Gasteiger partial charge in [0.2, 0.25) is 0 Å². The van der Waals surface area contributed by atoms with E-state index in [2.05, 4.69) is 0 Å². The van der Waals surface area contributed by atoms with Gasteiger partial charge in [0, 0.05) is 9.58 Å². The minimum atomic E-state index is -0.216. The maximum absolute atomic E-state index is 13.4. The Balaban J connectivity index is 1.97. The highest BCUT2D eigenvalue weighted by atomic mass is 32.1. The number of hydrogen-bond acceptors (Lipinski definition) is 3. The molecule has 0 saturated heterocycles. The molecule has 2 nitrogen and oxygen atoms in total. The second-order valence-corrected chi connectivity index (χ2v) is 5.97. The molecule has 2 aromatic rings. The van der Waals surface area contributed by atoms with E-state index in [9.17, 15) is 9.18 Å². The molecule has 100 valence electrons. The van der Waals surface area contributed by atoms with Crippen LogP contribution in [0, 0.1) is 11.7 Å². The average Bonchev–Trinajstić information content (AvgIpc) is 2.76. The number of esters is 1. The van der Waals surface area contributed by atoms with Gasteiger partial charge in [-0.3, -0.25) is 4.79 Å². The van der Waals surface area contributed by atoms with E-state index in [-0.39, 0.29) is 17.7 Å². The maximum atomic E-state index is 13.4. The lowest BCUT2D eigenvalue weighted by atomic mass is 9.87. The molecule has 1 unspecified atom stereocenters. The van der Waals surface area contributed by atoms with Crippen molar-refractivity contribution in [2.45, 2.75) is 26.2 Å². The first kappa shape index (κ1) is 12.6. The van der Waals surface area contributed by atoms with Gasteiger partial charge in [0.05, 0.1) is 12.5 Å². The Bertz CT molecular complexity index is 632. The first-order valence-electron chi connectivity index (χ1n) is 6.55. The number of rotatable bonds is 2. The zero-order valence-corrected chi connectivity index (χ0v) is 11.6. The fourth-order valence-electron chi connectivity index (χ4n) is 2.71. The topological polar surface area (TPSA) is 26.3 Å². The summed E-state index contributed by atoms with van der Waals surface area (Å²) in [7, 11) is 0. The Morgan fingerprint density at radius 3 is 3.16 bits per heavy atom. The molecule has 3 rings (SSSR count). The summed E-state index contributed by atoms with van der Waals surface area (Å²) in [5.74, 6) is -0.413. The van der Waals surface area contributed by atoms with E-state index < -0.39 is 0 Å². The number of carbonyl (C=O) groups excluding carboxylic acids is 1. The van der Waals surface area contributed by atoms with Gasteiger partial charge in [0.25, 0.3) is 0 Å². The van der Waals surface area contributed by atoms with Crippen molar-refractivity contribution >= 4 is 27.4 Å². The first-order valence-corrected chi connectivity index (χ1v) is 7.37. The molecule has 0 amide bonds. The highest BCUT2D eigenvalue weighted by molar-refractivity contribution is 7.19. The highest BCUT2D eigenvalue weighted by Gasteiger charge is 2.28. The zero-order valence-electron chi connectivity index (χ0n) is 10.7. The first-order chi connectivity index (χ1) is 9.19. The van der Waals surface area contributed by atoms with Crippen molar-refractivity contribution in [2.24, 2.45) is 5.92 Å². The molecule has 0 bridgehead atoms. The molecule has 0 radical (unpaired) electrons. The van der Waals surface area contributed by atoms with Crippen LogP contribution in [0.5, 0.6) is 0 Å². The number of ether oxygens (including phenoxy) is 1. The molecule has 0 spiro atoms. The summed E-state index contributed by atoms with van der Waals surface area (Å²) < 4.78 is 19.6. The van der Waals surface area contributed by atoms with Crippen molar-refractivity contribution in [2.75, 3.05) is 6.61 Å². The van der Waals surface area contributed by atoms with Crippen LogP contribution < -0.4 is 0 Å². The summed E-state index contributed by atoms with van der Waals surface area (Å²) in [5.41, 5.74) is 1.14. The molecule has 0 fully saturated rings. The van der Waals surface area contributed by atoms with Crippen molar-refractivity contribution in [3.05, 3.63) is 34.5 Å². The Labute approximate surface area is 115 Å². The number of halogens is 1. The Morgan fingerprint density at radius 1 is 1.53 bits per heavy atom. The molecule has 1 atom stereocenters. The van der Waals surface area contributed by atoms with Crippen LogP contribution in [0.3, 0.4) is 0 Å². The van der Waals surface area contributed by atoms with Gasteiger partial charge in [-0.05, 0) is 55.3 Å². The lowest BCUT2D eigenvalue weighted by Crippen LogP contribution is -2.23. The van der Waals surface area contributed by atoms with Gasteiger partial charge in [-0.15, -0.1) is 11.3 Å². The van der Waals surface area contributed by atoms with Crippen LogP contribution in [0.15, 0.2) is 18.2 Å². The van der Waals surface area contributed by atoms with Crippen LogP contribution >= 0.6 is 11.3 Å². The van der Waals surface area contributed by atoms with Crippen LogP contribution in [-0.2, 0) is 22.4 Å². The molecule has 19 heavy (non-hydrogen) atoms. The summed E-state index contributed by atoms with van der Waals surface area (Å²) in [6.07, 6.45) is 2.40. The van der Waals surface area contributed by atoms with Crippen molar-refractivity contribution in [3.8, 4) is 0 Å². The van der Waals surface area contributed by atoms with Crippen molar-refractivity contribution in [1.29, 1.82) is 0 Å². The predicted molar refractivity (Wildman–Crippen MR) is 73.9 cm³/mol. The lowest BCUT2D eigenvalue weighted by molar-refractivity contribution is -0.148.